The predicted octanol–water partition coefficient (Wildman–Crippen LogP) is 5.75. The number of benzene rings is 1. The number of amides is 1. The molecule has 1 aromatic carbocycles. The van der Waals surface area contributed by atoms with Gasteiger partial charge in [0.25, 0.3) is 5.91 Å². The summed E-state index contributed by atoms with van der Waals surface area (Å²) in [6.45, 7) is 7.93. The number of hydrogen-bond donors (Lipinski definition) is 1. The van der Waals surface area contributed by atoms with E-state index in [4.69, 9.17) is 4.74 Å². The summed E-state index contributed by atoms with van der Waals surface area (Å²) in [5.74, 6) is -0.669. The van der Waals surface area contributed by atoms with Crippen LogP contribution in [0.5, 0.6) is 0 Å². The molecule has 1 N–H and O–H groups in total. The molecular formula is C21H21NO3S2. The van der Waals surface area contributed by atoms with Crippen molar-refractivity contribution in [3.63, 3.8) is 0 Å². The molecule has 3 aromatic rings. The molecule has 27 heavy (non-hydrogen) atoms. The summed E-state index contributed by atoms with van der Waals surface area (Å²) in [6.07, 6.45) is 0. The zero-order valence-electron chi connectivity index (χ0n) is 15.9. The van der Waals surface area contributed by atoms with Crippen LogP contribution < -0.4 is 5.32 Å². The third-order valence-corrected chi connectivity index (χ3v) is 6.53. The average Bonchev–Trinajstić information content (AvgIpc) is 3.20. The van der Waals surface area contributed by atoms with Crippen LogP contribution in [-0.2, 0) is 4.74 Å². The molecule has 140 valence electrons. The predicted molar refractivity (Wildman–Crippen MR) is 112 cm³/mol. The van der Waals surface area contributed by atoms with Gasteiger partial charge in [0.1, 0.15) is 10.6 Å². The molecule has 0 saturated heterocycles. The van der Waals surface area contributed by atoms with Crippen molar-refractivity contribution in [2.24, 2.45) is 0 Å². The summed E-state index contributed by atoms with van der Waals surface area (Å²) in [6, 6.07) is 6.11. The number of anilines is 1. The van der Waals surface area contributed by atoms with Crippen LogP contribution in [0.3, 0.4) is 0 Å². The second kappa shape index (κ2) is 7.66. The summed E-state index contributed by atoms with van der Waals surface area (Å²) >= 11 is 2.88. The lowest BCUT2D eigenvalue weighted by molar-refractivity contribution is 0.0603. The van der Waals surface area contributed by atoms with Gasteiger partial charge in [-0.3, -0.25) is 4.79 Å². The Kier molecular flexibility index (Phi) is 5.48. The van der Waals surface area contributed by atoms with E-state index in [1.165, 1.54) is 18.4 Å². The van der Waals surface area contributed by atoms with E-state index < -0.39 is 5.97 Å². The van der Waals surface area contributed by atoms with Crippen molar-refractivity contribution in [3.8, 4) is 11.1 Å². The summed E-state index contributed by atoms with van der Waals surface area (Å²) in [5.41, 5.74) is 5.90. The van der Waals surface area contributed by atoms with Gasteiger partial charge in [0.15, 0.2) is 0 Å². The van der Waals surface area contributed by atoms with Gasteiger partial charge in [-0.25, -0.2) is 4.79 Å². The molecule has 0 aliphatic heterocycles. The summed E-state index contributed by atoms with van der Waals surface area (Å²) in [5, 5.41) is 7.15. The number of methoxy groups -OCH3 is 1. The molecule has 2 heterocycles. The van der Waals surface area contributed by atoms with Gasteiger partial charge < -0.3 is 10.1 Å². The lowest BCUT2D eigenvalue weighted by Crippen LogP contribution is -2.14. The second-order valence-electron chi connectivity index (χ2n) is 6.45. The van der Waals surface area contributed by atoms with Crippen molar-refractivity contribution in [3.05, 3.63) is 61.7 Å². The van der Waals surface area contributed by atoms with Crippen LogP contribution in [0.25, 0.3) is 11.1 Å². The lowest BCUT2D eigenvalue weighted by Gasteiger charge is -2.10. The van der Waals surface area contributed by atoms with Crippen molar-refractivity contribution in [1.82, 2.24) is 0 Å². The molecule has 1 amide bonds. The minimum atomic E-state index is -0.458. The van der Waals surface area contributed by atoms with Gasteiger partial charge in [0.2, 0.25) is 0 Å². The molecule has 0 aliphatic rings. The first-order valence-electron chi connectivity index (χ1n) is 8.47. The number of carbonyl (C=O) groups excluding carboxylic acids is 2. The Morgan fingerprint density at radius 1 is 1.00 bits per heavy atom. The number of hydrogen-bond acceptors (Lipinski definition) is 5. The smallest absolute Gasteiger partial charge is 0.341 e. The molecule has 0 bridgehead atoms. The van der Waals surface area contributed by atoms with Crippen molar-refractivity contribution in [2.75, 3.05) is 12.4 Å². The van der Waals surface area contributed by atoms with Crippen LogP contribution in [0.15, 0.2) is 29.0 Å². The van der Waals surface area contributed by atoms with E-state index in [9.17, 15) is 9.59 Å². The minimum Gasteiger partial charge on any atom is -0.465 e. The lowest BCUT2D eigenvalue weighted by atomic mass is 9.97. The maximum absolute atomic E-state index is 12.7. The van der Waals surface area contributed by atoms with E-state index in [0.717, 1.165) is 32.7 Å². The monoisotopic (exact) mass is 399 g/mol. The highest BCUT2D eigenvalue weighted by atomic mass is 32.1. The third kappa shape index (κ3) is 3.68. The topological polar surface area (TPSA) is 55.4 Å². The molecular weight excluding hydrogens is 378 g/mol. The largest absolute Gasteiger partial charge is 0.465 e. The number of aryl methyl sites for hydroxylation is 3. The van der Waals surface area contributed by atoms with Crippen molar-refractivity contribution < 1.29 is 14.3 Å². The zero-order chi connectivity index (χ0) is 19.7. The first-order valence-corrected chi connectivity index (χ1v) is 10.2. The number of esters is 1. The SMILES string of the molecule is COC(=O)c1c(-c2cc(C)ccc2C)csc1NC(=O)c1csc(C)c1C. The van der Waals surface area contributed by atoms with Gasteiger partial charge in [-0.05, 0) is 44.4 Å². The molecule has 2 aromatic heterocycles. The van der Waals surface area contributed by atoms with Crippen LogP contribution >= 0.6 is 22.7 Å². The molecule has 0 spiro atoms. The Bertz CT molecular complexity index is 1030. The first-order chi connectivity index (χ1) is 12.8. The van der Waals surface area contributed by atoms with E-state index in [2.05, 4.69) is 5.32 Å². The quantitative estimate of drug-likeness (QED) is 0.568. The summed E-state index contributed by atoms with van der Waals surface area (Å²) < 4.78 is 5.00. The molecule has 0 unspecified atom stereocenters. The van der Waals surface area contributed by atoms with Crippen molar-refractivity contribution in [1.29, 1.82) is 0 Å². The molecule has 3 rings (SSSR count). The van der Waals surface area contributed by atoms with Gasteiger partial charge >= 0.3 is 5.97 Å². The maximum atomic E-state index is 12.7. The number of thiophene rings is 2. The summed E-state index contributed by atoms with van der Waals surface area (Å²) in [7, 11) is 1.35. The minimum absolute atomic E-state index is 0.212. The molecule has 0 fully saturated rings. The van der Waals surface area contributed by atoms with Gasteiger partial charge in [0.05, 0.1) is 12.7 Å². The Labute approximate surface area is 166 Å². The van der Waals surface area contributed by atoms with Crippen LogP contribution in [0, 0.1) is 27.7 Å². The number of carbonyl (C=O) groups is 2. The molecule has 0 aliphatic carbocycles. The molecule has 4 nitrogen and oxygen atoms in total. The van der Waals surface area contributed by atoms with Crippen LogP contribution in [0.2, 0.25) is 0 Å². The fourth-order valence-corrected chi connectivity index (χ4v) is 4.70. The zero-order valence-corrected chi connectivity index (χ0v) is 17.6. The highest BCUT2D eigenvalue weighted by molar-refractivity contribution is 7.15. The van der Waals surface area contributed by atoms with E-state index >= 15 is 0 Å². The van der Waals surface area contributed by atoms with Gasteiger partial charge in [-0.2, -0.15) is 0 Å². The standard InChI is InChI=1S/C21H21NO3S2/c1-11-6-7-12(2)15(8-11)17-10-27-20(18(17)21(24)25-5)22-19(23)16-9-26-14(4)13(16)3/h6-10H,1-5H3,(H,22,23). The normalized spacial score (nSPS) is 10.7. The van der Waals surface area contributed by atoms with E-state index in [-0.39, 0.29) is 5.91 Å². The number of nitrogens with one attached hydrogen (secondary N) is 1. The molecule has 0 atom stereocenters. The average molecular weight is 400 g/mol. The van der Waals surface area contributed by atoms with Crippen molar-refractivity contribution >= 4 is 39.6 Å². The highest BCUT2D eigenvalue weighted by Crippen LogP contribution is 2.38. The van der Waals surface area contributed by atoms with Crippen LogP contribution in [0.4, 0.5) is 5.00 Å². The number of ether oxygens (including phenoxy) is 1. The van der Waals surface area contributed by atoms with Crippen LogP contribution in [-0.4, -0.2) is 19.0 Å². The van der Waals surface area contributed by atoms with Gasteiger partial charge in [-0.1, -0.05) is 23.8 Å². The first kappa shape index (κ1) is 19.3. The maximum Gasteiger partial charge on any atom is 0.341 e. The van der Waals surface area contributed by atoms with Gasteiger partial charge in [0, 0.05) is 21.2 Å². The molecule has 0 radical (unpaired) electrons. The fraction of sp³-hybridized carbons (Fsp3) is 0.238. The fourth-order valence-electron chi connectivity index (χ4n) is 2.89. The Morgan fingerprint density at radius 2 is 1.74 bits per heavy atom. The van der Waals surface area contributed by atoms with E-state index in [0.29, 0.717) is 16.1 Å². The Morgan fingerprint density at radius 3 is 2.37 bits per heavy atom. The van der Waals surface area contributed by atoms with Gasteiger partial charge in [-0.15, -0.1) is 22.7 Å². The molecule has 6 heteroatoms. The third-order valence-electron chi connectivity index (χ3n) is 4.62. The Balaban J connectivity index is 2.05. The molecule has 0 saturated carbocycles. The highest BCUT2D eigenvalue weighted by Gasteiger charge is 2.24. The van der Waals surface area contributed by atoms with E-state index in [1.54, 1.807) is 11.3 Å². The Hall–Kier alpha value is -2.44. The number of rotatable bonds is 4. The van der Waals surface area contributed by atoms with Crippen molar-refractivity contribution in [2.45, 2.75) is 27.7 Å². The summed E-state index contributed by atoms with van der Waals surface area (Å²) in [4.78, 5) is 26.3. The van der Waals surface area contributed by atoms with E-state index in [1.807, 2.05) is 56.7 Å². The van der Waals surface area contributed by atoms with Crippen LogP contribution in [0.1, 0.15) is 42.3 Å². The second-order valence-corrected chi connectivity index (χ2v) is 8.41.